The van der Waals surface area contributed by atoms with Crippen LogP contribution >= 0.6 is 11.6 Å². The summed E-state index contributed by atoms with van der Waals surface area (Å²) in [6.07, 6.45) is 0.735. The van der Waals surface area contributed by atoms with Gasteiger partial charge in [-0.1, -0.05) is 23.7 Å². The highest BCUT2D eigenvalue weighted by Gasteiger charge is 2.11. The Morgan fingerprint density at radius 3 is 2.32 bits per heavy atom. The number of methoxy groups -OCH3 is 1. The van der Waals surface area contributed by atoms with Crippen LogP contribution in [-0.2, 0) is 13.0 Å². The Hall–Kier alpha value is -3.18. The van der Waals surface area contributed by atoms with Crippen molar-refractivity contribution in [1.29, 1.82) is 0 Å². The highest BCUT2D eigenvalue weighted by molar-refractivity contribution is 6.30. The van der Waals surface area contributed by atoms with Crippen LogP contribution < -0.4 is 19.5 Å². The number of carbonyl (C=O) groups is 1. The minimum Gasteiger partial charge on any atom is -0.497 e. The van der Waals surface area contributed by atoms with Gasteiger partial charge in [0.1, 0.15) is 23.9 Å². The fraction of sp³-hybridized carbons (Fsp3) is 0.240. The number of carbonyl (C=O) groups excluding carboxylic acids is 1. The molecule has 0 radical (unpaired) electrons. The van der Waals surface area contributed by atoms with E-state index in [2.05, 4.69) is 5.32 Å². The molecule has 0 saturated carbocycles. The summed E-state index contributed by atoms with van der Waals surface area (Å²) in [6.45, 7) is 3.27. The first-order valence-corrected chi connectivity index (χ1v) is 10.5. The topological polar surface area (TPSA) is 56.8 Å². The van der Waals surface area contributed by atoms with E-state index in [1.807, 2.05) is 43.3 Å². The van der Waals surface area contributed by atoms with Gasteiger partial charge in [-0.25, -0.2) is 0 Å². The maximum Gasteiger partial charge on any atom is 0.251 e. The molecule has 162 valence electrons. The maximum atomic E-state index is 12.6. The van der Waals surface area contributed by atoms with Crippen LogP contribution in [0, 0.1) is 0 Å². The van der Waals surface area contributed by atoms with E-state index in [1.54, 1.807) is 37.4 Å². The molecular formula is C25H26ClNO4. The highest BCUT2D eigenvalue weighted by atomic mass is 35.5. The summed E-state index contributed by atoms with van der Waals surface area (Å²) in [5.74, 6) is 2.08. The molecule has 0 heterocycles. The van der Waals surface area contributed by atoms with E-state index in [-0.39, 0.29) is 12.5 Å². The van der Waals surface area contributed by atoms with Gasteiger partial charge in [-0.3, -0.25) is 4.79 Å². The summed E-state index contributed by atoms with van der Waals surface area (Å²) in [6, 6.07) is 20.3. The number of hydrogen-bond acceptors (Lipinski definition) is 4. The van der Waals surface area contributed by atoms with Crippen molar-refractivity contribution in [2.24, 2.45) is 0 Å². The largest absolute Gasteiger partial charge is 0.497 e. The Labute approximate surface area is 187 Å². The number of ether oxygens (including phenoxy) is 3. The zero-order valence-electron chi connectivity index (χ0n) is 17.7. The van der Waals surface area contributed by atoms with E-state index in [0.29, 0.717) is 35.2 Å². The fourth-order valence-corrected chi connectivity index (χ4v) is 3.16. The Bertz CT molecular complexity index is 987. The van der Waals surface area contributed by atoms with Crippen LogP contribution in [0.5, 0.6) is 17.2 Å². The van der Waals surface area contributed by atoms with E-state index in [4.69, 9.17) is 25.8 Å². The van der Waals surface area contributed by atoms with Crippen molar-refractivity contribution in [1.82, 2.24) is 5.32 Å². The molecule has 0 aromatic heterocycles. The summed E-state index contributed by atoms with van der Waals surface area (Å²) in [7, 11) is 1.64. The molecule has 0 saturated heterocycles. The molecule has 3 aromatic rings. The summed E-state index contributed by atoms with van der Waals surface area (Å²) < 4.78 is 16.7. The number of amides is 1. The first-order valence-electron chi connectivity index (χ1n) is 10.1. The second kappa shape index (κ2) is 11.3. The number of hydrogen-bond donors (Lipinski definition) is 1. The van der Waals surface area contributed by atoms with Gasteiger partial charge in [0.05, 0.1) is 13.7 Å². The van der Waals surface area contributed by atoms with Gasteiger partial charge in [0, 0.05) is 22.7 Å². The predicted octanol–water partition coefficient (Wildman–Crippen LogP) is 5.30. The molecule has 3 aromatic carbocycles. The van der Waals surface area contributed by atoms with Crippen LogP contribution in [0.25, 0.3) is 0 Å². The van der Waals surface area contributed by atoms with Gasteiger partial charge in [-0.05, 0) is 73.5 Å². The molecule has 0 aliphatic carbocycles. The first kappa shape index (κ1) is 22.5. The molecular weight excluding hydrogens is 414 g/mol. The Balaban J connectivity index is 1.61. The second-order valence-corrected chi connectivity index (χ2v) is 7.29. The van der Waals surface area contributed by atoms with Crippen LogP contribution in [-0.4, -0.2) is 26.2 Å². The lowest BCUT2D eigenvalue weighted by Gasteiger charge is -2.13. The fourth-order valence-electron chi connectivity index (χ4n) is 3.04. The molecule has 0 spiro atoms. The summed E-state index contributed by atoms with van der Waals surface area (Å²) >= 11 is 5.92. The molecule has 0 bridgehead atoms. The lowest BCUT2D eigenvalue weighted by Crippen LogP contribution is -2.25. The first-order chi connectivity index (χ1) is 15.1. The van der Waals surface area contributed by atoms with Crippen LogP contribution in [0.2, 0.25) is 5.02 Å². The standard InChI is InChI=1S/C25H26ClNO4/c1-3-30-24-13-6-19(16-20(24)17-31-23-11-7-21(26)8-12-23)25(28)27-15-14-18-4-9-22(29-2)10-5-18/h4-13,16H,3,14-15,17H2,1-2H3,(H,27,28). The molecule has 0 unspecified atom stereocenters. The molecule has 0 fully saturated rings. The maximum absolute atomic E-state index is 12.6. The monoisotopic (exact) mass is 439 g/mol. The van der Waals surface area contributed by atoms with Crippen molar-refractivity contribution in [3.05, 3.63) is 88.4 Å². The lowest BCUT2D eigenvalue weighted by molar-refractivity contribution is 0.0954. The van der Waals surface area contributed by atoms with Crippen molar-refractivity contribution in [2.45, 2.75) is 20.0 Å². The van der Waals surface area contributed by atoms with Crippen LogP contribution in [0.4, 0.5) is 0 Å². The highest BCUT2D eigenvalue weighted by Crippen LogP contribution is 2.23. The number of benzene rings is 3. The molecule has 0 aliphatic rings. The molecule has 1 amide bonds. The zero-order chi connectivity index (χ0) is 22.1. The van der Waals surface area contributed by atoms with E-state index in [0.717, 1.165) is 23.3 Å². The smallest absolute Gasteiger partial charge is 0.251 e. The second-order valence-electron chi connectivity index (χ2n) is 6.85. The Kier molecular flexibility index (Phi) is 8.19. The molecule has 0 aliphatic heterocycles. The van der Waals surface area contributed by atoms with Crippen molar-refractivity contribution < 1.29 is 19.0 Å². The SMILES string of the molecule is CCOc1ccc(C(=O)NCCc2ccc(OC)cc2)cc1COc1ccc(Cl)cc1. The number of halogens is 1. The third-order valence-corrected chi connectivity index (χ3v) is 4.94. The normalized spacial score (nSPS) is 10.4. The van der Waals surface area contributed by atoms with Gasteiger partial charge in [0.25, 0.3) is 5.91 Å². The summed E-state index contributed by atoms with van der Waals surface area (Å²) in [5, 5.41) is 3.62. The molecule has 31 heavy (non-hydrogen) atoms. The van der Waals surface area contributed by atoms with Gasteiger partial charge >= 0.3 is 0 Å². The van der Waals surface area contributed by atoms with E-state index < -0.39 is 0 Å². The van der Waals surface area contributed by atoms with Crippen LogP contribution in [0.1, 0.15) is 28.4 Å². The summed E-state index contributed by atoms with van der Waals surface area (Å²) in [4.78, 5) is 12.6. The van der Waals surface area contributed by atoms with Crippen molar-refractivity contribution in [3.63, 3.8) is 0 Å². The average molecular weight is 440 g/mol. The van der Waals surface area contributed by atoms with E-state index in [9.17, 15) is 4.79 Å². The van der Waals surface area contributed by atoms with Gasteiger partial charge in [0.15, 0.2) is 0 Å². The van der Waals surface area contributed by atoms with Gasteiger partial charge in [-0.15, -0.1) is 0 Å². The third kappa shape index (κ3) is 6.66. The Morgan fingerprint density at radius 1 is 0.935 bits per heavy atom. The molecule has 3 rings (SSSR count). The van der Waals surface area contributed by atoms with E-state index in [1.165, 1.54) is 0 Å². The molecule has 0 atom stereocenters. The quantitative estimate of drug-likeness (QED) is 0.465. The third-order valence-electron chi connectivity index (χ3n) is 4.69. The van der Waals surface area contributed by atoms with Crippen molar-refractivity contribution in [3.8, 4) is 17.2 Å². The summed E-state index contributed by atoms with van der Waals surface area (Å²) in [5.41, 5.74) is 2.50. The predicted molar refractivity (Wildman–Crippen MR) is 122 cm³/mol. The van der Waals surface area contributed by atoms with Crippen LogP contribution in [0.15, 0.2) is 66.7 Å². The molecule has 6 heteroatoms. The van der Waals surface area contributed by atoms with Gasteiger partial charge in [0.2, 0.25) is 0 Å². The Morgan fingerprint density at radius 2 is 1.65 bits per heavy atom. The lowest BCUT2D eigenvalue weighted by atomic mass is 10.1. The zero-order valence-corrected chi connectivity index (χ0v) is 18.4. The minimum atomic E-state index is -0.135. The number of nitrogens with one attached hydrogen (secondary N) is 1. The van der Waals surface area contributed by atoms with Gasteiger partial charge < -0.3 is 19.5 Å². The minimum absolute atomic E-state index is 0.135. The molecule has 5 nitrogen and oxygen atoms in total. The van der Waals surface area contributed by atoms with Crippen molar-refractivity contribution in [2.75, 3.05) is 20.3 Å². The van der Waals surface area contributed by atoms with E-state index >= 15 is 0 Å². The van der Waals surface area contributed by atoms with Crippen molar-refractivity contribution >= 4 is 17.5 Å². The van der Waals surface area contributed by atoms with Crippen LogP contribution in [0.3, 0.4) is 0 Å². The molecule has 1 N–H and O–H groups in total. The number of rotatable bonds is 10. The van der Waals surface area contributed by atoms with Gasteiger partial charge in [-0.2, -0.15) is 0 Å². The average Bonchev–Trinajstić information content (AvgIpc) is 2.80.